The molecule has 5 amide bonds. The van der Waals surface area contributed by atoms with Gasteiger partial charge in [-0.15, -0.1) is 0 Å². The molecular formula is C34H48N6O12. The SMILES string of the molecule is CC(C)C[C@H](NC(=O)[C@H](Cc1ccccc1)NC(=O)CNC(=O)C(CO)(CO)NC(=O)[C@@H](N)Cc1ccc(O)cc1)C(=O)NC(CO)(CO)C(=O)O. The van der Waals surface area contributed by atoms with Crippen molar-refractivity contribution in [2.75, 3.05) is 33.0 Å². The van der Waals surface area contributed by atoms with Crippen molar-refractivity contribution in [3.05, 3.63) is 65.7 Å². The molecule has 0 aromatic heterocycles. The van der Waals surface area contributed by atoms with Gasteiger partial charge in [0.05, 0.1) is 39.0 Å². The Morgan fingerprint density at radius 3 is 1.75 bits per heavy atom. The molecule has 0 radical (unpaired) electrons. The fraction of sp³-hybridized carbons (Fsp3) is 0.471. The van der Waals surface area contributed by atoms with Crippen LogP contribution in [0.5, 0.6) is 5.75 Å². The standard InChI is InChI=1S/C34H48N6O12/c1-20(2)12-25(30(49)40-34(18-43,19-44)32(51)52)38-29(48)26(14-21-6-4-3-5-7-21)37-27(46)15-36-31(50)33(16-41,17-42)39-28(47)24(35)13-22-8-10-23(45)11-9-22/h3-11,20,24-26,41-45H,12-19,35H2,1-2H3,(H,36,50)(H,37,46)(H,38,48)(H,39,47)(H,40,49)(H,51,52)/t24-,25-,26-/m0/s1. The van der Waals surface area contributed by atoms with Crippen LogP contribution in [0.2, 0.25) is 0 Å². The molecule has 2 aromatic carbocycles. The summed E-state index contributed by atoms with van der Waals surface area (Å²) in [6, 6.07) is 10.3. The summed E-state index contributed by atoms with van der Waals surface area (Å²) in [6.07, 6.45) is -0.112. The molecule has 0 heterocycles. The fourth-order valence-corrected chi connectivity index (χ4v) is 4.89. The third-order valence-electron chi connectivity index (χ3n) is 8.06. The molecule has 0 fully saturated rings. The molecule has 286 valence electrons. The van der Waals surface area contributed by atoms with Crippen molar-refractivity contribution in [2.24, 2.45) is 11.7 Å². The fourth-order valence-electron chi connectivity index (χ4n) is 4.89. The van der Waals surface area contributed by atoms with E-state index in [-0.39, 0.29) is 30.9 Å². The van der Waals surface area contributed by atoms with E-state index in [1.54, 1.807) is 44.2 Å². The van der Waals surface area contributed by atoms with E-state index >= 15 is 0 Å². The van der Waals surface area contributed by atoms with Gasteiger partial charge in [-0.2, -0.15) is 0 Å². The zero-order valence-electron chi connectivity index (χ0n) is 28.9. The molecule has 13 N–H and O–H groups in total. The lowest BCUT2D eigenvalue weighted by atomic mass is 9.98. The molecule has 0 saturated heterocycles. The maximum Gasteiger partial charge on any atom is 0.334 e. The van der Waals surface area contributed by atoms with Crippen molar-refractivity contribution in [2.45, 2.75) is 62.3 Å². The maximum absolute atomic E-state index is 13.6. The number of amides is 5. The van der Waals surface area contributed by atoms with Crippen LogP contribution in [0.15, 0.2) is 54.6 Å². The predicted octanol–water partition coefficient (Wildman–Crippen LogP) is -3.60. The van der Waals surface area contributed by atoms with Gasteiger partial charge in [-0.25, -0.2) is 4.79 Å². The number of aliphatic hydroxyl groups excluding tert-OH is 4. The molecule has 18 heteroatoms. The second kappa shape index (κ2) is 20.0. The van der Waals surface area contributed by atoms with Crippen molar-refractivity contribution in [1.29, 1.82) is 0 Å². The Morgan fingerprint density at radius 2 is 1.23 bits per heavy atom. The lowest BCUT2D eigenvalue weighted by molar-refractivity contribution is -0.152. The molecule has 0 aliphatic rings. The van der Waals surface area contributed by atoms with Gasteiger partial charge < -0.3 is 63.0 Å². The first-order chi connectivity index (χ1) is 24.5. The largest absolute Gasteiger partial charge is 0.508 e. The number of aliphatic hydroxyl groups is 4. The van der Waals surface area contributed by atoms with E-state index in [0.29, 0.717) is 11.1 Å². The van der Waals surface area contributed by atoms with Crippen LogP contribution in [0.4, 0.5) is 0 Å². The molecule has 0 spiro atoms. The highest BCUT2D eigenvalue weighted by atomic mass is 16.4. The number of benzene rings is 2. The second-order valence-electron chi connectivity index (χ2n) is 12.7. The molecule has 3 atom stereocenters. The number of hydrogen-bond donors (Lipinski definition) is 12. The van der Waals surface area contributed by atoms with Crippen molar-refractivity contribution >= 4 is 35.5 Å². The highest BCUT2D eigenvalue weighted by molar-refractivity contribution is 5.97. The average molecular weight is 733 g/mol. The summed E-state index contributed by atoms with van der Waals surface area (Å²) in [7, 11) is 0. The van der Waals surface area contributed by atoms with Crippen molar-refractivity contribution in [3.63, 3.8) is 0 Å². The highest BCUT2D eigenvalue weighted by Crippen LogP contribution is 2.13. The lowest BCUT2D eigenvalue weighted by Crippen LogP contribution is -2.66. The average Bonchev–Trinajstić information content (AvgIpc) is 3.12. The number of rotatable bonds is 21. The highest BCUT2D eigenvalue weighted by Gasteiger charge is 2.42. The smallest absolute Gasteiger partial charge is 0.334 e. The lowest BCUT2D eigenvalue weighted by Gasteiger charge is -2.31. The maximum atomic E-state index is 13.6. The molecule has 0 bridgehead atoms. The van der Waals surface area contributed by atoms with Gasteiger partial charge in [0, 0.05) is 6.42 Å². The Balaban J connectivity index is 2.20. The number of carbonyl (C=O) groups excluding carboxylic acids is 5. The number of aromatic hydroxyl groups is 1. The molecular weight excluding hydrogens is 684 g/mol. The van der Waals surface area contributed by atoms with Gasteiger partial charge in [0.15, 0.2) is 11.1 Å². The number of aliphatic carboxylic acids is 1. The molecule has 2 aromatic rings. The Kier molecular flexibility index (Phi) is 16.6. The van der Waals surface area contributed by atoms with Gasteiger partial charge in [-0.05, 0) is 42.0 Å². The van der Waals surface area contributed by atoms with E-state index in [1.165, 1.54) is 24.3 Å². The zero-order valence-corrected chi connectivity index (χ0v) is 28.9. The molecule has 0 unspecified atom stereocenters. The van der Waals surface area contributed by atoms with Crippen LogP contribution in [0.1, 0.15) is 31.4 Å². The summed E-state index contributed by atoms with van der Waals surface area (Å²) >= 11 is 0. The van der Waals surface area contributed by atoms with Gasteiger partial charge in [-0.3, -0.25) is 24.0 Å². The number of carboxylic acids is 1. The number of phenolic OH excluding ortho intramolecular Hbond substituents is 1. The monoisotopic (exact) mass is 732 g/mol. The topological polar surface area (TPSA) is 310 Å². The number of nitrogens with two attached hydrogens (primary N) is 1. The molecule has 2 rings (SSSR count). The van der Waals surface area contributed by atoms with Crippen molar-refractivity contribution < 1.29 is 59.4 Å². The molecule has 52 heavy (non-hydrogen) atoms. The van der Waals surface area contributed by atoms with Crippen LogP contribution < -0.4 is 32.3 Å². The molecule has 0 saturated carbocycles. The van der Waals surface area contributed by atoms with Crippen LogP contribution in [0.25, 0.3) is 0 Å². The van der Waals surface area contributed by atoms with Crippen LogP contribution in [-0.2, 0) is 41.6 Å². The normalized spacial score (nSPS) is 13.3. The third-order valence-corrected chi connectivity index (χ3v) is 8.06. The van der Waals surface area contributed by atoms with E-state index in [1.807, 2.05) is 0 Å². The minimum atomic E-state index is -2.43. The first-order valence-corrected chi connectivity index (χ1v) is 16.3. The minimum Gasteiger partial charge on any atom is -0.508 e. The second-order valence-corrected chi connectivity index (χ2v) is 12.7. The van der Waals surface area contributed by atoms with Gasteiger partial charge in [-0.1, -0.05) is 56.3 Å². The van der Waals surface area contributed by atoms with E-state index < -0.39 is 97.7 Å². The third kappa shape index (κ3) is 12.3. The zero-order chi connectivity index (χ0) is 39.1. The number of carboxylic acid groups (broad SMARTS) is 1. The van der Waals surface area contributed by atoms with Crippen molar-refractivity contribution in [3.8, 4) is 5.75 Å². The van der Waals surface area contributed by atoms with Gasteiger partial charge >= 0.3 is 5.97 Å². The van der Waals surface area contributed by atoms with E-state index in [2.05, 4.69) is 26.6 Å². The van der Waals surface area contributed by atoms with Crippen molar-refractivity contribution in [1.82, 2.24) is 26.6 Å². The first kappa shape index (κ1) is 43.0. The minimum absolute atomic E-state index is 0.000902. The molecule has 18 nitrogen and oxygen atoms in total. The summed E-state index contributed by atoms with van der Waals surface area (Å²) in [6.45, 7) is -1.79. The van der Waals surface area contributed by atoms with Gasteiger partial charge in [0.2, 0.25) is 23.6 Å². The number of phenols is 1. The summed E-state index contributed by atoms with van der Waals surface area (Å²) in [5.41, 5.74) is 2.41. The van der Waals surface area contributed by atoms with Crippen LogP contribution >= 0.6 is 0 Å². The first-order valence-electron chi connectivity index (χ1n) is 16.3. The van der Waals surface area contributed by atoms with E-state index in [4.69, 9.17) is 5.73 Å². The Bertz CT molecular complexity index is 1510. The van der Waals surface area contributed by atoms with Crippen LogP contribution in [0, 0.1) is 5.92 Å². The van der Waals surface area contributed by atoms with Gasteiger partial charge in [0.25, 0.3) is 5.91 Å². The van der Waals surface area contributed by atoms with E-state index in [9.17, 15) is 59.4 Å². The number of carbonyl (C=O) groups is 6. The van der Waals surface area contributed by atoms with Crippen LogP contribution in [-0.4, -0.2) is 128 Å². The summed E-state index contributed by atoms with van der Waals surface area (Å²) in [5, 5.41) is 69.7. The Morgan fingerprint density at radius 1 is 0.692 bits per heavy atom. The number of hydrogen-bond acceptors (Lipinski definition) is 12. The summed E-state index contributed by atoms with van der Waals surface area (Å²) in [4.78, 5) is 77.6. The van der Waals surface area contributed by atoms with Crippen LogP contribution in [0.3, 0.4) is 0 Å². The summed E-state index contributed by atoms with van der Waals surface area (Å²) in [5.74, 6) is -6.78. The summed E-state index contributed by atoms with van der Waals surface area (Å²) < 4.78 is 0. The number of nitrogens with one attached hydrogen (secondary N) is 5. The van der Waals surface area contributed by atoms with Gasteiger partial charge in [0.1, 0.15) is 17.8 Å². The quantitative estimate of drug-likeness (QED) is 0.0591. The Hall–Kier alpha value is -5.14. The molecule has 0 aliphatic heterocycles. The predicted molar refractivity (Wildman–Crippen MR) is 184 cm³/mol. The van der Waals surface area contributed by atoms with E-state index in [0.717, 1.165) is 0 Å². The Labute approximate surface area is 299 Å². The molecule has 0 aliphatic carbocycles.